The third-order valence-electron chi connectivity index (χ3n) is 7.50. The first-order valence-corrected chi connectivity index (χ1v) is 12.2. The van der Waals surface area contributed by atoms with Crippen LogP contribution in [-0.2, 0) is 19.1 Å². The maximum Gasteiger partial charge on any atom is 0.407 e. The molecule has 4 unspecified atom stereocenters. The fourth-order valence-corrected chi connectivity index (χ4v) is 5.71. The molecule has 8 nitrogen and oxygen atoms in total. The number of fused-ring (bicyclic) bond motifs is 3. The highest BCUT2D eigenvalue weighted by Crippen LogP contribution is 2.44. The van der Waals surface area contributed by atoms with Gasteiger partial charge in [-0.05, 0) is 41.0 Å². The molecule has 5 rings (SSSR count). The van der Waals surface area contributed by atoms with Gasteiger partial charge in [-0.1, -0.05) is 55.0 Å². The average molecular weight is 479 g/mol. The van der Waals surface area contributed by atoms with Gasteiger partial charge in [-0.3, -0.25) is 9.59 Å². The highest BCUT2D eigenvalue weighted by Gasteiger charge is 2.37. The Hall–Kier alpha value is -3.39. The van der Waals surface area contributed by atoms with Crippen molar-refractivity contribution in [1.29, 1.82) is 0 Å². The number of carboxylic acids is 1. The number of benzene rings is 2. The van der Waals surface area contributed by atoms with Crippen LogP contribution < -0.4 is 10.6 Å². The normalized spacial score (nSPS) is 25.0. The van der Waals surface area contributed by atoms with Crippen molar-refractivity contribution in [3.8, 4) is 11.1 Å². The fourth-order valence-electron chi connectivity index (χ4n) is 5.71. The molecule has 8 heteroatoms. The largest absolute Gasteiger partial charge is 0.481 e. The van der Waals surface area contributed by atoms with Crippen LogP contribution in [-0.4, -0.2) is 55.0 Å². The molecule has 3 aliphatic rings. The van der Waals surface area contributed by atoms with E-state index in [0.717, 1.165) is 30.4 Å². The second-order valence-electron chi connectivity index (χ2n) is 9.63. The zero-order valence-electron chi connectivity index (χ0n) is 19.4. The predicted octanol–water partition coefficient (Wildman–Crippen LogP) is 3.30. The average Bonchev–Trinajstić information content (AvgIpc) is 3.56. The van der Waals surface area contributed by atoms with Crippen molar-refractivity contribution in [2.75, 3.05) is 19.8 Å². The van der Waals surface area contributed by atoms with Crippen LogP contribution in [0.2, 0.25) is 0 Å². The Kier molecular flexibility index (Phi) is 6.72. The van der Waals surface area contributed by atoms with E-state index in [1.807, 2.05) is 24.3 Å². The molecule has 1 saturated carbocycles. The summed E-state index contributed by atoms with van der Waals surface area (Å²) in [5.41, 5.74) is 4.67. The zero-order chi connectivity index (χ0) is 24.4. The van der Waals surface area contributed by atoms with E-state index in [-0.39, 0.29) is 50.0 Å². The second kappa shape index (κ2) is 10.1. The molecule has 1 saturated heterocycles. The molecule has 1 aliphatic heterocycles. The zero-order valence-corrected chi connectivity index (χ0v) is 19.4. The van der Waals surface area contributed by atoms with Crippen molar-refractivity contribution in [2.24, 2.45) is 11.8 Å². The summed E-state index contributed by atoms with van der Waals surface area (Å²) in [6.45, 7) is 0.556. The minimum atomic E-state index is -0.969. The van der Waals surface area contributed by atoms with E-state index >= 15 is 0 Å². The van der Waals surface area contributed by atoms with Crippen LogP contribution in [0.3, 0.4) is 0 Å². The van der Waals surface area contributed by atoms with Crippen molar-refractivity contribution in [1.82, 2.24) is 10.6 Å². The van der Waals surface area contributed by atoms with Crippen LogP contribution in [0.15, 0.2) is 48.5 Å². The summed E-state index contributed by atoms with van der Waals surface area (Å²) in [6, 6.07) is 15.7. The van der Waals surface area contributed by atoms with Gasteiger partial charge in [0.25, 0.3) is 0 Å². The number of amides is 2. The summed E-state index contributed by atoms with van der Waals surface area (Å²) in [7, 11) is 0. The number of aliphatic carboxylic acids is 1. The number of nitrogens with one attached hydrogen (secondary N) is 2. The highest BCUT2D eigenvalue weighted by molar-refractivity contribution is 5.80. The van der Waals surface area contributed by atoms with Gasteiger partial charge in [-0.2, -0.15) is 0 Å². The summed E-state index contributed by atoms with van der Waals surface area (Å²) < 4.78 is 10.9. The van der Waals surface area contributed by atoms with Crippen LogP contribution in [0.5, 0.6) is 0 Å². The summed E-state index contributed by atoms with van der Waals surface area (Å²) in [6.07, 6.45) is 2.28. The van der Waals surface area contributed by atoms with Crippen molar-refractivity contribution in [3.05, 3.63) is 59.7 Å². The highest BCUT2D eigenvalue weighted by atomic mass is 16.5. The Bertz CT molecular complexity index is 1070. The van der Waals surface area contributed by atoms with Crippen molar-refractivity contribution in [3.63, 3.8) is 0 Å². The van der Waals surface area contributed by atoms with Gasteiger partial charge in [0, 0.05) is 18.4 Å². The summed E-state index contributed by atoms with van der Waals surface area (Å²) in [5.74, 6) is -1.92. The lowest BCUT2D eigenvalue weighted by atomic mass is 9.98. The molecule has 4 atom stereocenters. The van der Waals surface area contributed by atoms with Gasteiger partial charge in [0.05, 0.1) is 19.3 Å². The van der Waals surface area contributed by atoms with Crippen LogP contribution in [0.4, 0.5) is 4.79 Å². The molecular weight excluding hydrogens is 448 g/mol. The molecule has 1 heterocycles. The van der Waals surface area contributed by atoms with Crippen molar-refractivity contribution in [2.45, 2.75) is 43.7 Å². The van der Waals surface area contributed by atoms with Gasteiger partial charge in [0.1, 0.15) is 12.5 Å². The van der Waals surface area contributed by atoms with E-state index in [9.17, 15) is 19.5 Å². The third-order valence-corrected chi connectivity index (χ3v) is 7.50. The van der Waals surface area contributed by atoms with E-state index in [2.05, 4.69) is 34.9 Å². The van der Waals surface area contributed by atoms with Gasteiger partial charge in [-0.15, -0.1) is 0 Å². The quantitative estimate of drug-likeness (QED) is 0.563. The molecule has 2 fully saturated rings. The smallest absolute Gasteiger partial charge is 0.407 e. The van der Waals surface area contributed by atoms with E-state index < -0.39 is 24.0 Å². The molecule has 0 bridgehead atoms. The van der Waals surface area contributed by atoms with Gasteiger partial charge in [0.15, 0.2) is 0 Å². The Morgan fingerprint density at radius 1 is 0.914 bits per heavy atom. The second-order valence-corrected chi connectivity index (χ2v) is 9.63. The maximum atomic E-state index is 12.7. The molecule has 35 heavy (non-hydrogen) atoms. The summed E-state index contributed by atoms with van der Waals surface area (Å²) in [4.78, 5) is 36.6. The summed E-state index contributed by atoms with van der Waals surface area (Å²) in [5, 5.41) is 15.0. The standard InChI is InChI=1S/C27H30N2O6/c30-25(28-24-15-34-13-22(24)26(31)32)12-16-6-5-11-23(16)29-27(33)35-14-21-19-9-3-1-7-17(19)18-8-2-4-10-20(18)21/h1-4,7-10,16,21-24H,5-6,11-15H2,(H,28,30)(H,29,33)(H,31,32). The van der Waals surface area contributed by atoms with Gasteiger partial charge >= 0.3 is 12.1 Å². The maximum absolute atomic E-state index is 12.7. The monoisotopic (exact) mass is 478 g/mol. The first-order chi connectivity index (χ1) is 17.0. The minimum Gasteiger partial charge on any atom is -0.481 e. The predicted molar refractivity (Wildman–Crippen MR) is 128 cm³/mol. The number of hydrogen-bond acceptors (Lipinski definition) is 5. The van der Waals surface area contributed by atoms with Crippen molar-refractivity contribution >= 4 is 18.0 Å². The molecule has 0 aromatic heterocycles. The lowest BCUT2D eigenvalue weighted by molar-refractivity contribution is -0.142. The molecule has 3 N–H and O–H groups in total. The topological polar surface area (TPSA) is 114 Å². The number of ether oxygens (including phenoxy) is 2. The number of rotatable bonds is 7. The Morgan fingerprint density at radius 3 is 2.29 bits per heavy atom. The number of carboxylic acid groups (broad SMARTS) is 1. The van der Waals surface area contributed by atoms with Gasteiger partial charge < -0.3 is 25.2 Å². The molecule has 0 radical (unpaired) electrons. The number of alkyl carbamates (subject to hydrolysis) is 1. The molecule has 2 aromatic rings. The molecule has 2 amide bonds. The Labute approximate surface area is 204 Å². The number of carbonyl (C=O) groups is 3. The van der Waals surface area contributed by atoms with E-state index in [1.165, 1.54) is 11.1 Å². The van der Waals surface area contributed by atoms with E-state index in [0.29, 0.717) is 0 Å². The molecule has 184 valence electrons. The fraction of sp³-hybridized carbons (Fsp3) is 0.444. The van der Waals surface area contributed by atoms with Crippen LogP contribution in [0, 0.1) is 11.8 Å². The van der Waals surface area contributed by atoms with Gasteiger partial charge in [0.2, 0.25) is 5.91 Å². The molecular formula is C27H30N2O6. The molecule has 2 aromatic carbocycles. The van der Waals surface area contributed by atoms with Crippen LogP contribution >= 0.6 is 0 Å². The van der Waals surface area contributed by atoms with E-state index in [4.69, 9.17) is 9.47 Å². The van der Waals surface area contributed by atoms with Crippen LogP contribution in [0.25, 0.3) is 11.1 Å². The Morgan fingerprint density at radius 2 is 1.60 bits per heavy atom. The summed E-state index contributed by atoms with van der Waals surface area (Å²) >= 11 is 0. The van der Waals surface area contributed by atoms with Gasteiger partial charge in [-0.25, -0.2) is 4.79 Å². The lowest BCUT2D eigenvalue weighted by Gasteiger charge is -2.22. The number of hydrogen-bond donors (Lipinski definition) is 3. The first-order valence-electron chi connectivity index (χ1n) is 12.2. The van der Waals surface area contributed by atoms with Crippen molar-refractivity contribution < 1.29 is 29.0 Å². The van der Waals surface area contributed by atoms with E-state index in [1.54, 1.807) is 0 Å². The molecule has 0 spiro atoms. The first kappa shape index (κ1) is 23.4. The molecule has 2 aliphatic carbocycles. The third kappa shape index (κ3) is 4.89. The lowest BCUT2D eigenvalue weighted by Crippen LogP contribution is -2.45. The minimum absolute atomic E-state index is 0.00545. The van der Waals surface area contributed by atoms with Crippen LogP contribution in [0.1, 0.15) is 42.7 Å². The Balaban J connectivity index is 1.15. The number of carbonyl (C=O) groups excluding carboxylic acids is 2. The SMILES string of the molecule is O=C(CC1CCCC1NC(=O)OCC1c2ccccc2-c2ccccc21)NC1COCC1C(=O)O.